The topological polar surface area (TPSA) is 214 Å². The van der Waals surface area contributed by atoms with Gasteiger partial charge in [-0.05, 0) is 23.0 Å². The number of aromatic nitrogens is 5. The Kier molecular flexibility index (Phi) is 8.94. The third kappa shape index (κ3) is 6.05. The van der Waals surface area contributed by atoms with Gasteiger partial charge in [0.1, 0.15) is 36.5 Å². The number of hydrogen-bond acceptors (Lipinski definition) is 15. The van der Waals surface area contributed by atoms with Gasteiger partial charge < -0.3 is 30.8 Å². The molecule has 2 aromatic heterocycles. The Morgan fingerprint density at radius 1 is 1.29 bits per heavy atom. The minimum Gasteiger partial charge on any atom is -0.477 e. The molecule has 0 saturated carbocycles. The standard InChI is InChI=1S/C22H27N11O6S3/c1-30-3-5-31(6-4-30)13(34)7-32-22(26-28-29-32)42-9-11-8-40-19-15(18(36)33(19)16(11)20(37)38)25-17(35)14(27-39-2)12-10-41-21(23)24-12/h10,15,19H,3-9H2,1-2H3,(H2,23,24)(H,25,35)(H,37,38)/t15?,19-/m0/s1. The number of nitrogens with one attached hydrogen (secondary N) is 1. The lowest BCUT2D eigenvalue weighted by molar-refractivity contribution is -0.150. The SMILES string of the molecule is CON=C(C(=O)NC1C(=O)N2C(C(=O)O)=C(CSc3nnnn3CC(=O)N3CCN(C)CC3)CS[C@@H]12)c1csc(N)n1. The molecule has 1 unspecified atom stereocenters. The minimum atomic E-state index is -1.27. The van der Waals surface area contributed by atoms with E-state index in [0.29, 0.717) is 29.6 Å². The number of oxime groups is 1. The molecule has 0 aromatic carbocycles. The molecule has 224 valence electrons. The van der Waals surface area contributed by atoms with Gasteiger partial charge in [-0.3, -0.25) is 19.3 Å². The zero-order valence-corrected chi connectivity index (χ0v) is 24.9. The zero-order chi connectivity index (χ0) is 30.0. The molecular weight excluding hydrogens is 611 g/mol. The Morgan fingerprint density at radius 3 is 2.71 bits per heavy atom. The highest BCUT2D eigenvalue weighted by molar-refractivity contribution is 8.01. The van der Waals surface area contributed by atoms with E-state index in [9.17, 15) is 24.3 Å². The monoisotopic (exact) mass is 637 g/mol. The van der Waals surface area contributed by atoms with E-state index in [2.05, 4.69) is 35.9 Å². The van der Waals surface area contributed by atoms with E-state index in [0.717, 1.165) is 24.4 Å². The van der Waals surface area contributed by atoms with Crippen molar-refractivity contribution >= 4 is 69.4 Å². The number of carboxylic acid groups (broad SMARTS) is 1. The summed E-state index contributed by atoms with van der Waals surface area (Å²) >= 11 is 3.61. The molecule has 5 rings (SSSR count). The molecule has 4 N–H and O–H groups in total. The molecule has 17 nitrogen and oxygen atoms in total. The number of carboxylic acids is 1. The van der Waals surface area contributed by atoms with Crippen LogP contribution in [0.3, 0.4) is 0 Å². The maximum atomic E-state index is 13.1. The van der Waals surface area contributed by atoms with Crippen LogP contribution < -0.4 is 11.1 Å². The molecule has 0 aliphatic carbocycles. The number of aliphatic carboxylic acids is 1. The Morgan fingerprint density at radius 2 is 2.05 bits per heavy atom. The van der Waals surface area contributed by atoms with E-state index >= 15 is 0 Å². The van der Waals surface area contributed by atoms with Crippen molar-refractivity contribution in [1.29, 1.82) is 0 Å². The molecular formula is C22H27N11O6S3. The second kappa shape index (κ2) is 12.6. The molecule has 20 heteroatoms. The largest absolute Gasteiger partial charge is 0.477 e. The summed E-state index contributed by atoms with van der Waals surface area (Å²) in [5.41, 5.74) is 6.04. The number of thioether (sulfide) groups is 2. The van der Waals surface area contributed by atoms with Gasteiger partial charge in [-0.2, -0.15) is 0 Å². The molecule has 42 heavy (non-hydrogen) atoms. The van der Waals surface area contributed by atoms with Crippen LogP contribution in [-0.2, 0) is 30.6 Å². The van der Waals surface area contributed by atoms with E-state index in [1.54, 1.807) is 4.90 Å². The van der Waals surface area contributed by atoms with Crippen LogP contribution in [0.25, 0.3) is 0 Å². The number of nitrogens with zero attached hydrogens (tertiary/aromatic N) is 9. The van der Waals surface area contributed by atoms with Crippen molar-refractivity contribution in [3.8, 4) is 0 Å². The number of likely N-dealkylation sites (N-methyl/N-ethyl adjacent to an activating group) is 1. The van der Waals surface area contributed by atoms with Crippen molar-refractivity contribution < 1.29 is 29.1 Å². The molecule has 3 amide bonds. The molecule has 2 atom stereocenters. The van der Waals surface area contributed by atoms with Crippen molar-refractivity contribution in [1.82, 2.24) is 45.2 Å². The molecule has 2 saturated heterocycles. The molecule has 0 spiro atoms. The number of thiazole rings is 1. The summed E-state index contributed by atoms with van der Waals surface area (Å²) in [6, 6.07) is -0.975. The normalized spacial score (nSPS) is 21.2. The first kappa shape index (κ1) is 29.7. The first-order valence-corrected chi connectivity index (χ1v) is 15.5. The second-order valence-corrected chi connectivity index (χ2v) is 12.3. The highest BCUT2D eigenvalue weighted by atomic mass is 32.2. The molecule has 2 fully saturated rings. The van der Waals surface area contributed by atoms with Crippen molar-refractivity contribution in [2.45, 2.75) is 23.1 Å². The van der Waals surface area contributed by atoms with Gasteiger partial charge in [0, 0.05) is 43.1 Å². The first-order chi connectivity index (χ1) is 20.2. The number of tetrazole rings is 1. The van der Waals surface area contributed by atoms with Gasteiger partial charge in [0.25, 0.3) is 11.8 Å². The van der Waals surface area contributed by atoms with Gasteiger partial charge in [-0.25, -0.2) is 14.5 Å². The molecule has 3 aliphatic heterocycles. The number of fused-ring (bicyclic) bond motifs is 1. The van der Waals surface area contributed by atoms with Crippen molar-refractivity contribution in [2.24, 2.45) is 5.16 Å². The van der Waals surface area contributed by atoms with Gasteiger partial charge in [0.05, 0.1) is 0 Å². The van der Waals surface area contributed by atoms with Gasteiger partial charge in [0.15, 0.2) is 10.8 Å². The van der Waals surface area contributed by atoms with Crippen LogP contribution >= 0.6 is 34.9 Å². The van der Waals surface area contributed by atoms with E-state index in [-0.39, 0.29) is 40.4 Å². The van der Waals surface area contributed by atoms with E-state index in [4.69, 9.17) is 10.6 Å². The highest BCUT2D eigenvalue weighted by Crippen LogP contribution is 2.41. The Balaban J connectivity index is 1.24. The summed E-state index contributed by atoms with van der Waals surface area (Å²) in [6.07, 6.45) is 0. The summed E-state index contributed by atoms with van der Waals surface area (Å²) in [4.78, 5) is 65.0. The average molecular weight is 638 g/mol. The number of amides is 3. The van der Waals surface area contributed by atoms with Gasteiger partial charge in [-0.1, -0.05) is 16.9 Å². The lowest BCUT2D eigenvalue weighted by Crippen LogP contribution is -2.71. The minimum absolute atomic E-state index is 0.0332. The number of β-lactam (4-membered cyclic amide) rings is 1. The summed E-state index contributed by atoms with van der Waals surface area (Å²) in [6.45, 7) is 2.79. The number of carbonyl (C=O) groups excluding carboxylic acids is 3. The van der Waals surface area contributed by atoms with E-state index in [1.165, 1.54) is 45.6 Å². The van der Waals surface area contributed by atoms with Crippen LogP contribution in [-0.4, -0.2) is 138 Å². The fourth-order valence-electron chi connectivity index (χ4n) is 4.53. The number of carbonyl (C=O) groups is 4. The van der Waals surface area contributed by atoms with E-state index in [1.807, 2.05) is 7.05 Å². The lowest BCUT2D eigenvalue weighted by Gasteiger charge is -2.49. The summed E-state index contributed by atoms with van der Waals surface area (Å²) in [7, 11) is 3.27. The van der Waals surface area contributed by atoms with E-state index < -0.39 is 29.2 Å². The Hall–Kier alpha value is -3.75. The number of nitrogens with two attached hydrogens (primary N) is 1. The summed E-state index contributed by atoms with van der Waals surface area (Å²) in [5.74, 6) is -2.17. The van der Waals surface area contributed by atoms with Gasteiger partial charge in [0.2, 0.25) is 11.1 Å². The average Bonchev–Trinajstić information content (AvgIpc) is 3.61. The number of hydrogen-bond donors (Lipinski definition) is 3. The molecule has 3 aliphatic rings. The molecule has 5 heterocycles. The maximum Gasteiger partial charge on any atom is 0.352 e. The number of anilines is 1. The third-order valence-corrected chi connectivity index (χ3v) is 9.77. The summed E-state index contributed by atoms with van der Waals surface area (Å²) in [5, 5.41) is 29.4. The Bertz CT molecular complexity index is 1450. The second-order valence-electron chi connectivity index (χ2n) is 9.40. The van der Waals surface area contributed by atoms with Crippen LogP contribution in [0.2, 0.25) is 0 Å². The highest BCUT2D eigenvalue weighted by Gasteiger charge is 2.54. The fraction of sp³-hybridized carbons (Fsp3) is 0.500. The van der Waals surface area contributed by atoms with Crippen molar-refractivity contribution in [3.05, 3.63) is 22.3 Å². The third-order valence-electron chi connectivity index (χ3n) is 6.71. The quantitative estimate of drug-likeness (QED) is 0.115. The molecule has 0 radical (unpaired) electrons. The first-order valence-electron chi connectivity index (χ1n) is 12.6. The molecule has 2 aromatic rings. The van der Waals surface area contributed by atoms with Crippen LogP contribution in [0.15, 0.2) is 27.0 Å². The van der Waals surface area contributed by atoms with Crippen molar-refractivity contribution in [3.63, 3.8) is 0 Å². The van der Waals surface area contributed by atoms with Gasteiger partial charge >= 0.3 is 5.97 Å². The van der Waals surface area contributed by atoms with Gasteiger partial charge in [-0.15, -0.1) is 28.2 Å². The fourth-order valence-corrected chi connectivity index (χ4v) is 7.44. The zero-order valence-electron chi connectivity index (χ0n) is 22.5. The number of nitrogen functional groups attached to an aromatic ring is 1. The number of piperazine rings is 1. The summed E-state index contributed by atoms with van der Waals surface area (Å²) < 4.78 is 1.39. The van der Waals surface area contributed by atoms with Crippen LogP contribution in [0.1, 0.15) is 5.69 Å². The van der Waals surface area contributed by atoms with Crippen LogP contribution in [0.5, 0.6) is 0 Å². The Labute approximate surface area is 251 Å². The predicted octanol–water partition coefficient (Wildman–Crippen LogP) is -1.63. The maximum absolute atomic E-state index is 13.1. The lowest BCUT2D eigenvalue weighted by atomic mass is 10.0. The predicted molar refractivity (Wildman–Crippen MR) is 152 cm³/mol. The number of rotatable bonds is 10. The van der Waals surface area contributed by atoms with Crippen molar-refractivity contribution in [2.75, 3.05) is 57.6 Å². The smallest absolute Gasteiger partial charge is 0.352 e. The van der Waals surface area contributed by atoms with Crippen LogP contribution in [0, 0.1) is 0 Å². The molecule has 0 bridgehead atoms. The van der Waals surface area contributed by atoms with Crippen LogP contribution in [0.4, 0.5) is 5.13 Å².